The average molecular weight is 180 g/mol. The fraction of sp³-hybridized carbons (Fsp3) is 0. The van der Waals surface area contributed by atoms with Crippen LogP contribution in [0.15, 0.2) is 23.1 Å². The SMILES string of the molecule is O=C(O)c1ncn(-c2ccno2)n1. The summed E-state index contributed by atoms with van der Waals surface area (Å²) in [5.41, 5.74) is 0. The van der Waals surface area contributed by atoms with Crippen molar-refractivity contribution in [3.8, 4) is 5.88 Å². The highest BCUT2D eigenvalue weighted by molar-refractivity contribution is 5.82. The molecule has 2 aromatic rings. The van der Waals surface area contributed by atoms with Crippen LogP contribution in [0.1, 0.15) is 10.6 Å². The third-order valence-corrected chi connectivity index (χ3v) is 1.33. The Kier molecular flexibility index (Phi) is 1.55. The standard InChI is InChI=1S/C6H4N4O3/c11-6(12)5-7-3-10(9-5)4-1-2-8-13-4/h1-3H,(H,11,12). The summed E-state index contributed by atoms with van der Waals surface area (Å²) in [6.07, 6.45) is 2.67. The predicted octanol–water partition coefficient (Wildman–Crippen LogP) is -0.0465. The summed E-state index contributed by atoms with van der Waals surface area (Å²) in [7, 11) is 0. The Morgan fingerprint density at radius 1 is 1.62 bits per heavy atom. The summed E-state index contributed by atoms with van der Waals surface area (Å²) >= 11 is 0. The summed E-state index contributed by atoms with van der Waals surface area (Å²) in [5, 5.41) is 15.6. The molecule has 0 radical (unpaired) electrons. The smallest absolute Gasteiger partial charge is 0.375 e. The number of hydrogen-bond donors (Lipinski definition) is 1. The molecule has 0 saturated heterocycles. The molecule has 0 amide bonds. The van der Waals surface area contributed by atoms with E-state index in [9.17, 15) is 4.79 Å². The number of hydrogen-bond acceptors (Lipinski definition) is 5. The van der Waals surface area contributed by atoms with Gasteiger partial charge in [-0.1, -0.05) is 5.16 Å². The second kappa shape index (κ2) is 2.70. The quantitative estimate of drug-likeness (QED) is 0.696. The zero-order chi connectivity index (χ0) is 9.26. The summed E-state index contributed by atoms with van der Waals surface area (Å²) < 4.78 is 5.92. The van der Waals surface area contributed by atoms with Gasteiger partial charge in [-0.15, -0.1) is 5.10 Å². The molecule has 0 aliphatic carbocycles. The maximum atomic E-state index is 10.4. The Balaban J connectivity index is 2.39. The van der Waals surface area contributed by atoms with Gasteiger partial charge in [0.25, 0.3) is 11.7 Å². The van der Waals surface area contributed by atoms with E-state index in [1.165, 1.54) is 17.2 Å². The molecule has 0 fully saturated rings. The largest absolute Gasteiger partial charge is 0.475 e. The fourth-order valence-corrected chi connectivity index (χ4v) is 0.794. The van der Waals surface area contributed by atoms with Crippen LogP contribution in [0, 0.1) is 0 Å². The molecular formula is C6H4N4O3. The lowest BCUT2D eigenvalue weighted by atomic mass is 10.6. The lowest BCUT2D eigenvalue weighted by molar-refractivity contribution is 0.0683. The monoisotopic (exact) mass is 180 g/mol. The molecule has 2 heterocycles. The van der Waals surface area contributed by atoms with Gasteiger partial charge in [-0.3, -0.25) is 0 Å². The minimum absolute atomic E-state index is 0.281. The molecule has 2 rings (SSSR count). The van der Waals surface area contributed by atoms with Crippen molar-refractivity contribution in [1.82, 2.24) is 19.9 Å². The van der Waals surface area contributed by atoms with E-state index in [-0.39, 0.29) is 5.82 Å². The van der Waals surface area contributed by atoms with Gasteiger partial charge >= 0.3 is 5.97 Å². The Morgan fingerprint density at radius 2 is 2.46 bits per heavy atom. The van der Waals surface area contributed by atoms with Crippen LogP contribution < -0.4 is 0 Å². The second-order valence-corrected chi connectivity index (χ2v) is 2.17. The first-order valence-corrected chi connectivity index (χ1v) is 3.33. The van der Waals surface area contributed by atoms with Crippen molar-refractivity contribution in [2.24, 2.45) is 0 Å². The molecular weight excluding hydrogens is 176 g/mol. The fourth-order valence-electron chi connectivity index (χ4n) is 0.794. The van der Waals surface area contributed by atoms with E-state index in [0.717, 1.165) is 0 Å². The third-order valence-electron chi connectivity index (χ3n) is 1.33. The van der Waals surface area contributed by atoms with Gasteiger partial charge in [0.05, 0.1) is 6.20 Å². The van der Waals surface area contributed by atoms with Crippen molar-refractivity contribution in [1.29, 1.82) is 0 Å². The molecule has 0 unspecified atom stereocenters. The van der Waals surface area contributed by atoms with Gasteiger partial charge in [0.15, 0.2) is 0 Å². The molecule has 0 aliphatic rings. The van der Waals surface area contributed by atoms with E-state index in [2.05, 4.69) is 15.2 Å². The van der Waals surface area contributed by atoms with Crippen molar-refractivity contribution in [3.63, 3.8) is 0 Å². The lowest BCUT2D eigenvalue weighted by Gasteiger charge is -1.88. The Hall–Kier alpha value is -2.18. The first-order chi connectivity index (χ1) is 6.27. The van der Waals surface area contributed by atoms with Crippen LogP contribution in [0.4, 0.5) is 0 Å². The van der Waals surface area contributed by atoms with Gasteiger partial charge in [-0.2, -0.15) is 4.68 Å². The Bertz CT molecular complexity index is 419. The van der Waals surface area contributed by atoms with Gasteiger partial charge in [-0.25, -0.2) is 9.78 Å². The van der Waals surface area contributed by atoms with E-state index >= 15 is 0 Å². The van der Waals surface area contributed by atoms with Crippen LogP contribution in [0.3, 0.4) is 0 Å². The molecule has 0 spiro atoms. The third kappa shape index (κ3) is 1.26. The van der Waals surface area contributed by atoms with E-state index in [1.54, 1.807) is 6.07 Å². The molecule has 0 atom stereocenters. The van der Waals surface area contributed by atoms with E-state index in [4.69, 9.17) is 9.63 Å². The molecule has 0 aliphatic heterocycles. The summed E-state index contributed by atoms with van der Waals surface area (Å²) in [6, 6.07) is 1.54. The molecule has 13 heavy (non-hydrogen) atoms. The van der Waals surface area contributed by atoms with Gasteiger partial charge in [-0.05, 0) is 0 Å². The summed E-state index contributed by atoms with van der Waals surface area (Å²) in [4.78, 5) is 13.9. The minimum Gasteiger partial charge on any atom is -0.475 e. The molecule has 66 valence electrons. The molecule has 0 aromatic carbocycles. The van der Waals surface area contributed by atoms with Gasteiger partial charge < -0.3 is 9.63 Å². The maximum absolute atomic E-state index is 10.4. The van der Waals surface area contributed by atoms with Crippen LogP contribution in [-0.4, -0.2) is 31.0 Å². The Morgan fingerprint density at radius 3 is 3.00 bits per heavy atom. The number of carbonyl (C=O) groups is 1. The zero-order valence-corrected chi connectivity index (χ0v) is 6.28. The molecule has 0 bridgehead atoms. The number of rotatable bonds is 2. The number of carboxylic acids is 1. The molecule has 2 aromatic heterocycles. The van der Waals surface area contributed by atoms with Crippen molar-refractivity contribution in [2.45, 2.75) is 0 Å². The van der Waals surface area contributed by atoms with Crippen molar-refractivity contribution in [2.75, 3.05) is 0 Å². The Labute approximate surface area is 71.6 Å². The van der Waals surface area contributed by atoms with E-state index < -0.39 is 5.97 Å². The van der Waals surface area contributed by atoms with Crippen LogP contribution >= 0.6 is 0 Å². The van der Waals surface area contributed by atoms with E-state index in [0.29, 0.717) is 5.88 Å². The number of aromatic nitrogens is 4. The first kappa shape index (κ1) is 7.47. The van der Waals surface area contributed by atoms with Gasteiger partial charge in [0.2, 0.25) is 0 Å². The zero-order valence-electron chi connectivity index (χ0n) is 6.28. The first-order valence-electron chi connectivity index (χ1n) is 3.33. The molecule has 1 N–H and O–H groups in total. The predicted molar refractivity (Wildman–Crippen MR) is 38.4 cm³/mol. The topological polar surface area (TPSA) is 94.0 Å². The number of aromatic carboxylic acids is 1. The van der Waals surface area contributed by atoms with Crippen molar-refractivity contribution >= 4 is 5.97 Å². The van der Waals surface area contributed by atoms with Crippen molar-refractivity contribution in [3.05, 3.63) is 24.4 Å². The highest BCUT2D eigenvalue weighted by atomic mass is 16.5. The average Bonchev–Trinajstić information content (AvgIpc) is 2.75. The maximum Gasteiger partial charge on any atom is 0.375 e. The second-order valence-electron chi connectivity index (χ2n) is 2.17. The number of carboxylic acid groups (broad SMARTS) is 1. The van der Waals surface area contributed by atoms with Crippen molar-refractivity contribution < 1.29 is 14.4 Å². The summed E-state index contributed by atoms with van der Waals surface area (Å²) in [5.74, 6) is -1.14. The molecule has 7 nitrogen and oxygen atoms in total. The number of nitrogens with zero attached hydrogens (tertiary/aromatic N) is 4. The van der Waals surface area contributed by atoms with Crippen LogP contribution in [0.25, 0.3) is 5.88 Å². The minimum atomic E-state index is -1.18. The molecule has 7 heteroatoms. The lowest BCUT2D eigenvalue weighted by Crippen LogP contribution is -2.01. The van der Waals surface area contributed by atoms with Crippen LogP contribution in [0.2, 0.25) is 0 Å². The van der Waals surface area contributed by atoms with Gasteiger partial charge in [0, 0.05) is 6.07 Å². The highest BCUT2D eigenvalue weighted by Gasteiger charge is 2.10. The normalized spacial score (nSPS) is 10.2. The van der Waals surface area contributed by atoms with Crippen LogP contribution in [0.5, 0.6) is 0 Å². The highest BCUT2D eigenvalue weighted by Crippen LogP contribution is 2.03. The van der Waals surface area contributed by atoms with E-state index in [1.807, 2.05) is 0 Å². The molecule has 0 saturated carbocycles. The van der Waals surface area contributed by atoms with Gasteiger partial charge in [0.1, 0.15) is 6.33 Å². The summed E-state index contributed by atoms with van der Waals surface area (Å²) in [6.45, 7) is 0. The van der Waals surface area contributed by atoms with Crippen LogP contribution in [-0.2, 0) is 0 Å².